The van der Waals surface area contributed by atoms with Crippen molar-refractivity contribution in [2.45, 2.75) is 49.6 Å². The summed E-state index contributed by atoms with van der Waals surface area (Å²) in [7, 11) is 0. The molecule has 7 nitrogen and oxygen atoms in total. The van der Waals surface area contributed by atoms with Crippen LogP contribution in [0.3, 0.4) is 0 Å². The first-order valence-corrected chi connectivity index (χ1v) is 12.1. The number of rotatable bonds is 5. The zero-order valence-corrected chi connectivity index (χ0v) is 18.9. The van der Waals surface area contributed by atoms with E-state index in [4.69, 9.17) is 4.74 Å². The number of carboxylic acids is 1. The van der Waals surface area contributed by atoms with Crippen LogP contribution in [0.1, 0.15) is 49.1 Å². The van der Waals surface area contributed by atoms with Gasteiger partial charge in [0.2, 0.25) is 5.91 Å². The molecule has 2 amide bonds. The summed E-state index contributed by atoms with van der Waals surface area (Å²) in [6, 6.07) is 16.3. The molecule has 2 saturated carbocycles. The highest BCUT2D eigenvalue weighted by Crippen LogP contribution is 2.51. The van der Waals surface area contributed by atoms with E-state index >= 15 is 0 Å². The minimum absolute atomic E-state index is 0.00455. The fourth-order valence-corrected chi connectivity index (χ4v) is 6.63. The molecule has 7 heteroatoms. The molecular formula is C27H28N2O5. The van der Waals surface area contributed by atoms with Gasteiger partial charge in [-0.05, 0) is 60.3 Å². The third-order valence-electron chi connectivity index (χ3n) is 8.32. The zero-order valence-electron chi connectivity index (χ0n) is 18.9. The van der Waals surface area contributed by atoms with Gasteiger partial charge in [-0.15, -0.1) is 0 Å². The number of aliphatic carboxylic acids is 1. The molecule has 2 aromatic carbocycles. The molecule has 2 heterocycles. The highest BCUT2D eigenvalue weighted by molar-refractivity contribution is 5.90. The Labute approximate surface area is 198 Å². The van der Waals surface area contributed by atoms with E-state index in [1.54, 1.807) is 4.90 Å². The van der Waals surface area contributed by atoms with Crippen LogP contribution in [-0.4, -0.2) is 52.7 Å². The van der Waals surface area contributed by atoms with Crippen molar-refractivity contribution in [2.75, 3.05) is 13.2 Å². The number of benzene rings is 2. The lowest BCUT2D eigenvalue weighted by atomic mass is 9.73. The van der Waals surface area contributed by atoms with Crippen molar-refractivity contribution in [2.24, 2.45) is 11.8 Å². The van der Waals surface area contributed by atoms with E-state index in [0.717, 1.165) is 0 Å². The molecule has 7 rings (SSSR count). The maximum absolute atomic E-state index is 13.1. The molecule has 2 atom stereocenters. The number of nitrogens with zero attached hydrogens (tertiary/aromatic N) is 1. The number of carboxylic acid groups (broad SMARTS) is 1. The standard InChI is InChI=1S/C27H28N2O5/c30-24(29-14-16-12-27(29,13-16)25(31)32)17-9-10-18(11-17)28-26(33)34-15-23-21-7-3-1-5-19(21)20-6-2-4-8-22(20)23/h1-8,16-18,23H,9-15H2,(H,28,33)(H,31,32)/t16?,17-,18+,27?/m0/s1. The normalized spacial score (nSPS) is 28.7. The topological polar surface area (TPSA) is 95.9 Å². The minimum Gasteiger partial charge on any atom is -0.479 e. The van der Waals surface area contributed by atoms with E-state index in [-0.39, 0.29) is 30.4 Å². The van der Waals surface area contributed by atoms with Gasteiger partial charge in [0.05, 0.1) is 0 Å². The van der Waals surface area contributed by atoms with E-state index in [1.165, 1.54) is 22.3 Å². The van der Waals surface area contributed by atoms with Crippen LogP contribution in [0.15, 0.2) is 48.5 Å². The van der Waals surface area contributed by atoms with Gasteiger partial charge in [-0.25, -0.2) is 9.59 Å². The number of hydrogen-bond acceptors (Lipinski definition) is 4. The summed E-state index contributed by atoms with van der Waals surface area (Å²) in [5.41, 5.74) is 3.71. The Hall–Kier alpha value is -3.35. The van der Waals surface area contributed by atoms with Gasteiger partial charge in [-0.1, -0.05) is 48.5 Å². The number of carbonyl (C=O) groups is 3. The number of hydrogen-bond donors (Lipinski definition) is 2. The summed E-state index contributed by atoms with van der Waals surface area (Å²) < 4.78 is 5.65. The van der Waals surface area contributed by atoms with Crippen molar-refractivity contribution in [3.8, 4) is 11.1 Å². The van der Waals surface area contributed by atoms with Crippen LogP contribution in [0.4, 0.5) is 4.79 Å². The van der Waals surface area contributed by atoms with Gasteiger partial charge in [0.15, 0.2) is 0 Å². The van der Waals surface area contributed by atoms with Gasteiger partial charge in [0.25, 0.3) is 0 Å². The summed E-state index contributed by atoms with van der Waals surface area (Å²) in [4.78, 5) is 39.0. The summed E-state index contributed by atoms with van der Waals surface area (Å²) in [5, 5.41) is 12.6. The van der Waals surface area contributed by atoms with Gasteiger partial charge in [-0.3, -0.25) is 4.79 Å². The first-order valence-electron chi connectivity index (χ1n) is 12.1. The van der Waals surface area contributed by atoms with E-state index in [1.807, 2.05) is 24.3 Å². The summed E-state index contributed by atoms with van der Waals surface area (Å²) in [6.07, 6.45) is 2.55. The van der Waals surface area contributed by atoms with Crippen molar-refractivity contribution >= 4 is 18.0 Å². The van der Waals surface area contributed by atoms with Crippen molar-refractivity contribution in [1.29, 1.82) is 0 Å². The maximum atomic E-state index is 13.1. The van der Waals surface area contributed by atoms with Crippen molar-refractivity contribution in [1.82, 2.24) is 10.2 Å². The molecule has 0 spiro atoms. The van der Waals surface area contributed by atoms with Crippen LogP contribution >= 0.6 is 0 Å². The van der Waals surface area contributed by atoms with Crippen LogP contribution in [0.25, 0.3) is 11.1 Å². The lowest BCUT2D eigenvalue weighted by Crippen LogP contribution is -2.55. The first-order chi connectivity index (χ1) is 16.5. The Morgan fingerprint density at radius 3 is 2.29 bits per heavy atom. The largest absolute Gasteiger partial charge is 0.479 e. The van der Waals surface area contributed by atoms with Gasteiger partial charge in [-0.2, -0.15) is 0 Å². The second-order valence-corrected chi connectivity index (χ2v) is 10.2. The molecule has 34 heavy (non-hydrogen) atoms. The number of ether oxygens (including phenoxy) is 1. The first kappa shape index (κ1) is 21.2. The van der Waals surface area contributed by atoms with Gasteiger partial charge < -0.3 is 20.1 Å². The predicted molar refractivity (Wildman–Crippen MR) is 124 cm³/mol. The van der Waals surface area contributed by atoms with Gasteiger partial charge >= 0.3 is 12.1 Å². The molecule has 2 saturated heterocycles. The smallest absolute Gasteiger partial charge is 0.407 e. The van der Waals surface area contributed by atoms with E-state index in [9.17, 15) is 19.5 Å². The third kappa shape index (κ3) is 3.21. The van der Waals surface area contributed by atoms with Crippen LogP contribution < -0.4 is 5.32 Å². The van der Waals surface area contributed by atoms with Crippen molar-refractivity contribution in [3.63, 3.8) is 0 Å². The SMILES string of the molecule is O=C(N[C@@H]1CC[C@H](C(=O)N2CC3CC2(C(=O)O)C3)C1)OCC1c2ccccc2-c2ccccc21. The molecule has 0 radical (unpaired) electrons. The molecule has 5 aliphatic rings. The van der Waals surface area contributed by atoms with Crippen molar-refractivity contribution in [3.05, 3.63) is 59.7 Å². The molecule has 2 N–H and O–H groups in total. The predicted octanol–water partition coefficient (Wildman–Crippen LogP) is 3.77. The lowest BCUT2D eigenvalue weighted by molar-refractivity contribution is -0.159. The summed E-state index contributed by atoms with van der Waals surface area (Å²) in [5.74, 6) is -0.879. The highest BCUT2D eigenvalue weighted by atomic mass is 16.5. The van der Waals surface area contributed by atoms with Crippen LogP contribution in [0.2, 0.25) is 0 Å². The number of nitrogens with one attached hydrogen (secondary N) is 1. The molecule has 4 fully saturated rings. The summed E-state index contributed by atoms with van der Waals surface area (Å²) >= 11 is 0. The zero-order chi connectivity index (χ0) is 23.4. The molecule has 0 unspecified atom stereocenters. The number of fused-ring (bicyclic) bond motifs is 4. The fraction of sp³-hybridized carbons (Fsp3) is 0.444. The van der Waals surface area contributed by atoms with E-state index in [0.29, 0.717) is 44.6 Å². The molecule has 176 valence electrons. The second kappa shape index (κ2) is 7.86. The average molecular weight is 461 g/mol. The molecule has 2 bridgehead atoms. The summed E-state index contributed by atoms with van der Waals surface area (Å²) in [6.45, 7) is 0.803. The van der Waals surface area contributed by atoms with Crippen LogP contribution in [-0.2, 0) is 14.3 Å². The van der Waals surface area contributed by atoms with Gasteiger partial charge in [0.1, 0.15) is 12.1 Å². The number of amides is 2. The van der Waals surface area contributed by atoms with E-state index in [2.05, 4.69) is 29.6 Å². The average Bonchev–Trinajstić information content (AvgIpc) is 3.57. The minimum atomic E-state index is -0.986. The Morgan fingerprint density at radius 2 is 1.65 bits per heavy atom. The Morgan fingerprint density at radius 1 is 1.00 bits per heavy atom. The van der Waals surface area contributed by atoms with Crippen LogP contribution in [0.5, 0.6) is 0 Å². The molecular weight excluding hydrogens is 432 g/mol. The number of carbonyl (C=O) groups excluding carboxylic acids is 2. The van der Waals surface area contributed by atoms with Gasteiger partial charge in [0, 0.05) is 24.4 Å². The maximum Gasteiger partial charge on any atom is 0.407 e. The molecule has 2 aliphatic heterocycles. The molecule has 0 aromatic heterocycles. The van der Waals surface area contributed by atoms with Crippen LogP contribution in [0, 0.1) is 11.8 Å². The van der Waals surface area contributed by atoms with E-state index < -0.39 is 17.6 Å². The Bertz CT molecular complexity index is 1130. The second-order valence-electron chi connectivity index (χ2n) is 10.2. The molecule has 3 aliphatic carbocycles. The quantitative estimate of drug-likeness (QED) is 0.708. The number of alkyl carbamates (subject to hydrolysis) is 1. The third-order valence-corrected chi connectivity index (χ3v) is 8.32. The molecule has 2 aromatic rings. The Kier molecular flexibility index (Phi) is 4.90. The Balaban J connectivity index is 1.05. The lowest BCUT2D eigenvalue weighted by Gasteiger charge is -2.38. The fourth-order valence-electron chi connectivity index (χ4n) is 6.63. The van der Waals surface area contributed by atoms with Crippen molar-refractivity contribution < 1.29 is 24.2 Å². The highest BCUT2D eigenvalue weighted by Gasteiger charge is 2.63. The monoisotopic (exact) mass is 460 g/mol.